The van der Waals surface area contributed by atoms with Crippen LogP contribution in [0, 0.1) is 0 Å². The highest BCUT2D eigenvalue weighted by molar-refractivity contribution is 6.28. The van der Waals surface area contributed by atoms with Gasteiger partial charge in [-0.1, -0.05) is 0 Å². The summed E-state index contributed by atoms with van der Waals surface area (Å²) < 4.78 is 0. The molecule has 0 aliphatic rings. The van der Waals surface area contributed by atoms with Gasteiger partial charge in [-0.2, -0.15) is 0 Å². The Morgan fingerprint density at radius 1 is 1.50 bits per heavy atom. The first-order chi connectivity index (χ1) is 4.70. The lowest BCUT2D eigenvalue weighted by molar-refractivity contribution is 0.101. The molecule has 1 aromatic rings. The van der Waals surface area contributed by atoms with E-state index in [1.165, 1.54) is 19.3 Å². The number of nitrogens with zero attached hydrogens (tertiary/aromatic N) is 2. The zero-order valence-electron chi connectivity index (χ0n) is 5.34. The normalized spacial score (nSPS) is 9.40. The molecule has 0 saturated heterocycles. The minimum atomic E-state index is -0.0586. The number of halogens is 1. The van der Waals surface area contributed by atoms with Gasteiger partial charge in [0.1, 0.15) is 0 Å². The zero-order chi connectivity index (χ0) is 7.56. The fourth-order valence-corrected chi connectivity index (χ4v) is 0.592. The molecule has 0 radical (unpaired) electrons. The van der Waals surface area contributed by atoms with E-state index in [9.17, 15) is 4.79 Å². The van der Waals surface area contributed by atoms with E-state index in [1.807, 2.05) is 0 Å². The first-order valence-electron chi connectivity index (χ1n) is 2.68. The van der Waals surface area contributed by atoms with Crippen LogP contribution in [0.15, 0.2) is 12.4 Å². The highest BCUT2D eigenvalue weighted by Crippen LogP contribution is 2.00. The van der Waals surface area contributed by atoms with Crippen LogP contribution in [0.25, 0.3) is 0 Å². The van der Waals surface area contributed by atoms with Crippen LogP contribution in [0.4, 0.5) is 0 Å². The standard InChI is InChI=1S/C6H5ClN2O/c1-4(10)5-2-8-6(7)9-3-5/h2-3H,1H3. The van der Waals surface area contributed by atoms with E-state index in [2.05, 4.69) is 9.97 Å². The Morgan fingerprint density at radius 3 is 2.40 bits per heavy atom. The number of aromatic nitrogens is 2. The number of rotatable bonds is 1. The average molecular weight is 157 g/mol. The maximum Gasteiger partial charge on any atom is 0.222 e. The van der Waals surface area contributed by atoms with Crippen LogP contribution in [-0.4, -0.2) is 15.8 Å². The van der Waals surface area contributed by atoms with Crippen molar-refractivity contribution in [2.45, 2.75) is 6.92 Å². The molecule has 0 unspecified atom stereocenters. The van der Waals surface area contributed by atoms with Crippen molar-refractivity contribution < 1.29 is 4.79 Å². The molecule has 0 spiro atoms. The number of hydrogen-bond donors (Lipinski definition) is 0. The number of carbonyl (C=O) groups is 1. The fraction of sp³-hybridized carbons (Fsp3) is 0.167. The van der Waals surface area contributed by atoms with Gasteiger partial charge in [-0.25, -0.2) is 9.97 Å². The van der Waals surface area contributed by atoms with Crippen molar-refractivity contribution in [3.8, 4) is 0 Å². The average Bonchev–Trinajstić information content (AvgIpc) is 1.88. The lowest BCUT2D eigenvalue weighted by atomic mass is 10.2. The van der Waals surface area contributed by atoms with E-state index >= 15 is 0 Å². The predicted octanol–water partition coefficient (Wildman–Crippen LogP) is 1.33. The third kappa shape index (κ3) is 1.51. The fourth-order valence-electron chi connectivity index (χ4n) is 0.494. The predicted molar refractivity (Wildman–Crippen MR) is 37.0 cm³/mol. The summed E-state index contributed by atoms with van der Waals surface area (Å²) in [6.07, 6.45) is 2.80. The van der Waals surface area contributed by atoms with E-state index in [0.29, 0.717) is 5.56 Å². The minimum absolute atomic E-state index is 0.0586. The summed E-state index contributed by atoms with van der Waals surface area (Å²) in [6.45, 7) is 1.45. The lowest BCUT2D eigenvalue weighted by Crippen LogP contribution is -1.94. The second kappa shape index (κ2) is 2.75. The number of Topliss-reactive ketones (excluding diaryl/α,β-unsaturated/α-hetero) is 1. The second-order valence-corrected chi connectivity index (χ2v) is 2.14. The van der Waals surface area contributed by atoms with Gasteiger partial charge in [0.25, 0.3) is 0 Å². The van der Waals surface area contributed by atoms with Gasteiger partial charge in [-0.3, -0.25) is 4.79 Å². The van der Waals surface area contributed by atoms with E-state index < -0.39 is 0 Å². The smallest absolute Gasteiger partial charge is 0.222 e. The minimum Gasteiger partial charge on any atom is -0.294 e. The number of ketones is 1. The molecule has 0 bridgehead atoms. The Balaban J connectivity index is 3.00. The van der Waals surface area contributed by atoms with Crippen molar-refractivity contribution in [1.29, 1.82) is 0 Å². The Bertz CT molecular complexity index is 244. The molecule has 1 rings (SSSR count). The number of hydrogen-bond acceptors (Lipinski definition) is 3. The monoisotopic (exact) mass is 156 g/mol. The summed E-state index contributed by atoms with van der Waals surface area (Å²) in [4.78, 5) is 17.9. The van der Waals surface area contributed by atoms with E-state index in [-0.39, 0.29) is 11.1 Å². The van der Waals surface area contributed by atoms with Crippen LogP contribution in [-0.2, 0) is 0 Å². The summed E-state index contributed by atoms with van der Waals surface area (Å²) in [5.41, 5.74) is 0.476. The highest BCUT2D eigenvalue weighted by atomic mass is 35.5. The Kier molecular flexibility index (Phi) is 1.97. The first kappa shape index (κ1) is 7.15. The quantitative estimate of drug-likeness (QED) is 0.455. The summed E-state index contributed by atoms with van der Waals surface area (Å²) in [6, 6.07) is 0. The molecule has 0 aliphatic carbocycles. The van der Waals surface area contributed by atoms with Gasteiger partial charge in [0, 0.05) is 12.4 Å². The van der Waals surface area contributed by atoms with Gasteiger partial charge >= 0.3 is 0 Å². The molecule has 10 heavy (non-hydrogen) atoms. The van der Waals surface area contributed by atoms with E-state index in [1.54, 1.807) is 0 Å². The van der Waals surface area contributed by atoms with Crippen LogP contribution >= 0.6 is 11.6 Å². The topological polar surface area (TPSA) is 42.9 Å². The summed E-state index contributed by atoms with van der Waals surface area (Å²) >= 11 is 5.38. The number of carbonyl (C=O) groups excluding carboxylic acids is 1. The van der Waals surface area contributed by atoms with Gasteiger partial charge < -0.3 is 0 Å². The third-order valence-electron chi connectivity index (χ3n) is 1.03. The van der Waals surface area contributed by atoms with Gasteiger partial charge in [0.2, 0.25) is 5.28 Å². The van der Waals surface area contributed by atoms with Crippen LogP contribution in [0.2, 0.25) is 5.28 Å². The molecular weight excluding hydrogens is 152 g/mol. The maximum absolute atomic E-state index is 10.6. The van der Waals surface area contributed by atoms with Gasteiger partial charge in [0.05, 0.1) is 5.56 Å². The Labute approximate surface area is 63.1 Å². The third-order valence-corrected chi connectivity index (χ3v) is 1.22. The molecule has 0 atom stereocenters. The van der Waals surface area contributed by atoms with Gasteiger partial charge in [-0.15, -0.1) is 0 Å². The molecule has 0 aromatic carbocycles. The molecule has 0 fully saturated rings. The SMILES string of the molecule is CC(=O)c1cnc(Cl)nc1. The Hall–Kier alpha value is -0.960. The van der Waals surface area contributed by atoms with Crippen molar-refractivity contribution in [2.75, 3.05) is 0 Å². The summed E-state index contributed by atoms with van der Waals surface area (Å²) in [5.74, 6) is -0.0586. The zero-order valence-corrected chi connectivity index (χ0v) is 6.09. The van der Waals surface area contributed by atoms with Gasteiger partial charge in [0.15, 0.2) is 5.78 Å². The summed E-state index contributed by atoms with van der Waals surface area (Å²) in [7, 11) is 0. The van der Waals surface area contributed by atoms with Gasteiger partial charge in [-0.05, 0) is 18.5 Å². The van der Waals surface area contributed by atoms with Crippen molar-refractivity contribution in [3.63, 3.8) is 0 Å². The largest absolute Gasteiger partial charge is 0.294 e. The van der Waals surface area contributed by atoms with Crippen LogP contribution < -0.4 is 0 Å². The molecule has 0 saturated carbocycles. The second-order valence-electron chi connectivity index (χ2n) is 1.80. The van der Waals surface area contributed by atoms with Crippen molar-refractivity contribution in [2.24, 2.45) is 0 Å². The lowest BCUT2D eigenvalue weighted by Gasteiger charge is -1.91. The molecule has 0 aliphatic heterocycles. The van der Waals surface area contributed by atoms with E-state index in [0.717, 1.165) is 0 Å². The molecule has 0 N–H and O–H groups in total. The molecule has 4 heteroatoms. The molecule has 3 nitrogen and oxygen atoms in total. The van der Waals surface area contributed by atoms with Crippen LogP contribution in [0.3, 0.4) is 0 Å². The van der Waals surface area contributed by atoms with Crippen molar-refractivity contribution >= 4 is 17.4 Å². The van der Waals surface area contributed by atoms with Crippen LogP contribution in [0.1, 0.15) is 17.3 Å². The van der Waals surface area contributed by atoms with Crippen LogP contribution in [0.5, 0.6) is 0 Å². The van der Waals surface area contributed by atoms with E-state index in [4.69, 9.17) is 11.6 Å². The van der Waals surface area contributed by atoms with Crippen molar-refractivity contribution in [1.82, 2.24) is 9.97 Å². The van der Waals surface area contributed by atoms with Crippen molar-refractivity contribution in [3.05, 3.63) is 23.2 Å². The molecule has 1 aromatic heterocycles. The molecular formula is C6H5ClN2O. The highest BCUT2D eigenvalue weighted by Gasteiger charge is 1.98. The molecule has 52 valence electrons. The molecule has 1 heterocycles. The first-order valence-corrected chi connectivity index (χ1v) is 3.06. The summed E-state index contributed by atoms with van der Waals surface area (Å²) in [5, 5.41) is 0.157. The maximum atomic E-state index is 10.6. The molecule has 0 amide bonds. The Morgan fingerprint density at radius 2 is 2.00 bits per heavy atom.